The van der Waals surface area contributed by atoms with E-state index in [4.69, 9.17) is 5.84 Å². The van der Waals surface area contributed by atoms with E-state index in [1.807, 2.05) is 19.1 Å². The summed E-state index contributed by atoms with van der Waals surface area (Å²) in [6.45, 7) is 2.01. The lowest BCUT2D eigenvalue weighted by Gasteiger charge is -2.02. The molecule has 1 heterocycles. The number of hydrogen-bond acceptors (Lipinski definition) is 4. The Morgan fingerprint density at radius 3 is 2.88 bits per heavy atom. The fourth-order valence-corrected chi connectivity index (χ4v) is 2.69. The summed E-state index contributed by atoms with van der Waals surface area (Å²) in [5.41, 5.74) is 1.23. The summed E-state index contributed by atoms with van der Waals surface area (Å²) in [4.78, 5) is 0. The zero-order valence-corrected chi connectivity index (χ0v) is 11.8. The second-order valence-corrected chi connectivity index (χ2v) is 5.40. The summed E-state index contributed by atoms with van der Waals surface area (Å²) in [7, 11) is 0. The Bertz CT molecular complexity index is 512. The van der Waals surface area contributed by atoms with Crippen LogP contribution in [-0.4, -0.2) is 14.9 Å². The van der Waals surface area contributed by atoms with Crippen molar-refractivity contribution in [1.82, 2.24) is 14.9 Å². The van der Waals surface area contributed by atoms with Crippen LogP contribution in [0.1, 0.15) is 18.3 Å². The van der Waals surface area contributed by atoms with Gasteiger partial charge < -0.3 is 5.84 Å². The van der Waals surface area contributed by atoms with Crippen molar-refractivity contribution in [3.05, 3.63) is 40.1 Å². The average Bonchev–Trinajstić information content (AvgIpc) is 2.67. The molecule has 2 N–H and O–H groups in total. The van der Waals surface area contributed by atoms with Gasteiger partial charge in [0.05, 0.1) is 0 Å². The van der Waals surface area contributed by atoms with Gasteiger partial charge >= 0.3 is 0 Å². The van der Waals surface area contributed by atoms with Crippen molar-refractivity contribution in [2.45, 2.75) is 24.3 Å². The molecule has 0 aliphatic heterocycles. The normalized spacial score (nSPS) is 10.7. The fraction of sp³-hybridized carbons (Fsp3) is 0.273. The predicted octanol–water partition coefficient (Wildman–Crippen LogP) is 2.61. The molecular weight excluding hydrogens is 300 g/mol. The summed E-state index contributed by atoms with van der Waals surface area (Å²) in [5.74, 6) is 7.51. The van der Waals surface area contributed by atoms with Crippen LogP contribution in [0.4, 0.5) is 0 Å². The van der Waals surface area contributed by atoms with Crippen LogP contribution in [0.5, 0.6) is 0 Å². The van der Waals surface area contributed by atoms with E-state index in [-0.39, 0.29) is 0 Å². The van der Waals surface area contributed by atoms with Crippen molar-refractivity contribution >= 4 is 27.7 Å². The Morgan fingerprint density at radius 1 is 1.41 bits per heavy atom. The zero-order valence-electron chi connectivity index (χ0n) is 9.43. The van der Waals surface area contributed by atoms with Gasteiger partial charge in [-0.25, -0.2) is 4.68 Å². The first-order chi connectivity index (χ1) is 8.20. The van der Waals surface area contributed by atoms with E-state index in [1.54, 1.807) is 16.4 Å². The first-order valence-corrected chi connectivity index (χ1v) is 7.05. The number of nitrogens with zero attached hydrogens (tertiary/aromatic N) is 3. The molecule has 2 aromatic rings. The van der Waals surface area contributed by atoms with E-state index >= 15 is 0 Å². The third-order valence-electron chi connectivity index (χ3n) is 2.31. The molecule has 2 rings (SSSR count). The number of benzene rings is 1. The SMILES string of the molecule is CCc1nnc(SCc2cccc(Br)c2)n1N. The maximum atomic E-state index is 5.87. The summed E-state index contributed by atoms with van der Waals surface area (Å²) in [6.07, 6.45) is 0.793. The van der Waals surface area contributed by atoms with E-state index < -0.39 is 0 Å². The number of nitrogen functional groups attached to an aromatic ring is 1. The monoisotopic (exact) mass is 312 g/mol. The first kappa shape index (κ1) is 12.4. The Morgan fingerprint density at radius 2 is 2.24 bits per heavy atom. The van der Waals surface area contributed by atoms with Crippen molar-refractivity contribution in [3.8, 4) is 0 Å². The van der Waals surface area contributed by atoms with Crippen LogP contribution in [0.3, 0.4) is 0 Å². The summed E-state index contributed by atoms with van der Waals surface area (Å²) in [5, 5.41) is 8.84. The smallest absolute Gasteiger partial charge is 0.210 e. The molecule has 0 aliphatic carbocycles. The molecule has 0 saturated heterocycles. The molecule has 17 heavy (non-hydrogen) atoms. The molecular formula is C11H13BrN4S. The summed E-state index contributed by atoms with van der Waals surface area (Å²) >= 11 is 5.04. The highest BCUT2D eigenvalue weighted by Gasteiger charge is 2.08. The lowest BCUT2D eigenvalue weighted by atomic mass is 10.2. The number of halogens is 1. The molecule has 0 saturated carbocycles. The van der Waals surface area contributed by atoms with Gasteiger partial charge in [0.2, 0.25) is 5.16 Å². The van der Waals surface area contributed by atoms with Gasteiger partial charge in [-0.2, -0.15) is 0 Å². The quantitative estimate of drug-likeness (QED) is 0.696. The summed E-state index contributed by atoms with van der Waals surface area (Å²) < 4.78 is 2.64. The topological polar surface area (TPSA) is 56.7 Å². The van der Waals surface area contributed by atoms with Gasteiger partial charge in [-0.05, 0) is 17.7 Å². The second kappa shape index (κ2) is 5.55. The fourth-order valence-electron chi connectivity index (χ4n) is 1.42. The van der Waals surface area contributed by atoms with Gasteiger partial charge in [0.1, 0.15) is 0 Å². The van der Waals surface area contributed by atoms with Crippen LogP contribution >= 0.6 is 27.7 Å². The van der Waals surface area contributed by atoms with Gasteiger partial charge in [-0.3, -0.25) is 0 Å². The Hall–Kier alpha value is -1.01. The van der Waals surface area contributed by atoms with Crippen LogP contribution in [0, 0.1) is 0 Å². The van der Waals surface area contributed by atoms with Gasteiger partial charge in [-0.15, -0.1) is 10.2 Å². The van der Waals surface area contributed by atoms with E-state index in [0.717, 1.165) is 27.6 Å². The highest BCUT2D eigenvalue weighted by atomic mass is 79.9. The number of hydrogen-bond donors (Lipinski definition) is 1. The van der Waals surface area contributed by atoms with Crippen LogP contribution in [-0.2, 0) is 12.2 Å². The van der Waals surface area contributed by atoms with Gasteiger partial charge in [0, 0.05) is 16.6 Å². The van der Waals surface area contributed by atoms with E-state index in [0.29, 0.717) is 0 Å². The molecule has 4 nitrogen and oxygen atoms in total. The molecule has 0 atom stereocenters. The number of aromatic nitrogens is 3. The van der Waals surface area contributed by atoms with E-state index in [9.17, 15) is 0 Å². The molecule has 0 amide bonds. The molecule has 90 valence electrons. The molecule has 1 aromatic heterocycles. The number of aryl methyl sites for hydroxylation is 1. The molecule has 0 fully saturated rings. The molecule has 0 radical (unpaired) electrons. The maximum absolute atomic E-state index is 5.87. The van der Waals surface area contributed by atoms with Crippen LogP contribution in [0.15, 0.2) is 33.9 Å². The zero-order chi connectivity index (χ0) is 12.3. The third-order valence-corrected chi connectivity index (χ3v) is 3.82. The second-order valence-electron chi connectivity index (χ2n) is 3.54. The summed E-state index contributed by atoms with van der Waals surface area (Å²) in [6, 6.07) is 8.19. The largest absolute Gasteiger partial charge is 0.336 e. The molecule has 0 unspecified atom stereocenters. The maximum Gasteiger partial charge on any atom is 0.210 e. The van der Waals surface area contributed by atoms with Gasteiger partial charge in [0.15, 0.2) is 5.82 Å². The minimum atomic E-state index is 0.752. The minimum absolute atomic E-state index is 0.752. The van der Waals surface area contributed by atoms with Crippen molar-refractivity contribution < 1.29 is 0 Å². The lowest BCUT2D eigenvalue weighted by Crippen LogP contribution is -2.13. The molecule has 0 aliphatic rings. The van der Waals surface area contributed by atoms with Gasteiger partial charge in [0.25, 0.3) is 0 Å². The van der Waals surface area contributed by atoms with Gasteiger partial charge in [-0.1, -0.05) is 46.7 Å². The Labute approximate surface area is 113 Å². The van der Waals surface area contributed by atoms with Crippen molar-refractivity contribution in [2.24, 2.45) is 0 Å². The number of thioether (sulfide) groups is 1. The van der Waals surface area contributed by atoms with Crippen molar-refractivity contribution in [3.63, 3.8) is 0 Å². The number of nitrogens with two attached hydrogens (primary N) is 1. The average molecular weight is 313 g/mol. The molecule has 0 bridgehead atoms. The standard InChI is InChI=1S/C11H13BrN4S/c1-2-10-14-15-11(16(10)13)17-7-8-4-3-5-9(12)6-8/h3-6H,2,7,13H2,1H3. The Kier molecular flexibility index (Phi) is 4.06. The predicted molar refractivity (Wildman–Crippen MR) is 73.3 cm³/mol. The molecule has 1 aromatic carbocycles. The number of rotatable bonds is 4. The molecule has 0 spiro atoms. The van der Waals surface area contributed by atoms with E-state index in [2.05, 4.69) is 38.3 Å². The van der Waals surface area contributed by atoms with Crippen molar-refractivity contribution in [2.75, 3.05) is 5.84 Å². The Balaban J connectivity index is 2.05. The van der Waals surface area contributed by atoms with Crippen LogP contribution < -0.4 is 5.84 Å². The lowest BCUT2D eigenvalue weighted by molar-refractivity contribution is 0.796. The first-order valence-electron chi connectivity index (χ1n) is 5.27. The highest BCUT2D eigenvalue weighted by molar-refractivity contribution is 9.10. The van der Waals surface area contributed by atoms with Crippen LogP contribution in [0.2, 0.25) is 0 Å². The highest BCUT2D eigenvalue weighted by Crippen LogP contribution is 2.22. The third kappa shape index (κ3) is 3.01. The van der Waals surface area contributed by atoms with Crippen molar-refractivity contribution in [1.29, 1.82) is 0 Å². The van der Waals surface area contributed by atoms with Crippen LogP contribution in [0.25, 0.3) is 0 Å². The van der Waals surface area contributed by atoms with E-state index in [1.165, 1.54) is 5.56 Å². The molecule has 6 heteroatoms. The minimum Gasteiger partial charge on any atom is -0.336 e.